The van der Waals surface area contributed by atoms with Gasteiger partial charge < -0.3 is 24.2 Å². The van der Waals surface area contributed by atoms with E-state index < -0.39 is 31.3 Å². The van der Waals surface area contributed by atoms with E-state index in [1.165, 1.54) is 24.3 Å². The summed E-state index contributed by atoms with van der Waals surface area (Å²) in [5.41, 5.74) is -1.14. The Labute approximate surface area is 165 Å². The maximum absolute atomic E-state index is 12.3. The normalized spacial score (nSPS) is 25.3. The largest absolute Gasteiger partial charge is 0.469 e. The fourth-order valence-electron chi connectivity index (χ4n) is 3.02. The van der Waals surface area contributed by atoms with E-state index in [0.29, 0.717) is 6.42 Å². The summed E-state index contributed by atoms with van der Waals surface area (Å²) in [5, 5.41) is 0. The third kappa shape index (κ3) is 4.89. The Morgan fingerprint density at radius 3 is 2.90 bits per heavy atom. The molecule has 13 nitrogen and oxygen atoms in total. The molecule has 2 aromatic rings. The molecule has 0 spiro atoms. The predicted octanol–water partition coefficient (Wildman–Crippen LogP) is 0.143. The van der Waals surface area contributed by atoms with E-state index in [1.54, 1.807) is 25.9 Å². The highest BCUT2D eigenvalue weighted by Crippen LogP contribution is 2.43. The standard InChI is InChI=1S/C15H23N6O7P/c1-15(6-27-29(23,24)25)5-9(26-4)13(28-15)21-8-16-10-11(21)18-14(19-12(10)22)17-7-20(2)3/h7-9,13H,5-6H2,1-4H3,(H,18,19,22)(H2,23,24,25)/b17-7+/t9-,13-,15?/m1/s1. The van der Waals surface area contributed by atoms with Gasteiger partial charge in [0.15, 0.2) is 17.4 Å². The van der Waals surface area contributed by atoms with Crippen LogP contribution < -0.4 is 5.56 Å². The first-order valence-corrected chi connectivity index (χ1v) is 10.1. The van der Waals surface area contributed by atoms with Crippen molar-refractivity contribution in [2.45, 2.75) is 31.3 Å². The molecular formula is C15H23N6O7P. The number of methoxy groups -OCH3 is 1. The van der Waals surface area contributed by atoms with Gasteiger partial charge in [0.25, 0.3) is 5.56 Å². The van der Waals surface area contributed by atoms with Gasteiger partial charge in [-0.15, -0.1) is 0 Å². The van der Waals surface area contributed by atoms with Crippen molar-refractivity contribution in [1.82, 2.24) is 24.4 Å². The minimum atomic E-state index is -4.65. The van der Waals surface area contributed by atoms with E-state index in [0.717, 1.165) is 0 Å². The minimum Gasteiger partial charge on any atom is -0.377 e. The maximum Gasteiger partial charge on any atom is 0.469 e. The molecule has 0 amide bonds. The van der Waals surface area contributed by atoms with Gasteiger partial charge in [-0.05, 0) is 6.92 Å². The van der Waals surface area contributed by atoms with Gasteiger partial charge in [0.05, 0.1) is 24.9 Å². The van der Waals surface area contributed by atoms with Crippen LogP contribution in [0.25, 0.3) is 11.2 Å². The molecule has 0 saturated carbocycles. The second-order valence-electron chi connectivity index (χ2n) is 7.12. The number of H-pyrrole nitrogens is 1. The summed E-state index contributed by atoms with van der Waals surface area (Å²) in [5.74, 6) is 0.0949. The van der Waals surface area contributed by atoms with Gasteiger partial charge in [0.2, 0.25) is 5.95 Å². The Hall–Kier alpha value is -2.15. The molecule has 29 heavy (non-hydrogen) atoms. The Balaban J connectivity index is 1.96. The highest BCUT2D eigenvalue weighted by atomic mass is 31.2. The van der Waals surface area contributed by atoms with Crippen LogP contribution in [0.15, 0.2) is 16.1 Å². The number of aliphatic imine (C=N–C) groups is 1. The number of rotatable bonds is 7. The molecule has 160 valence electrons. The molecule has 3 heterocycles. The predicted molar refractivity (Wildman–Crippen MR) is 102 cm³/mol. The molecule has 3 rings (SSSR count). The second kappa shape index (κ2) is 7.94. The van der Waals surface area contributed by atoms with Crippen molar-refractivity contribution in [3.05, 3.63) is 16.7 Å². The number of imidazole rings is 1. The molecule has 3 atom stereocenters. The molecule has 1 unspecified atom stereocenters. The molecule has 14 heteroatoms. The van der Waals surface area contributed by atoms with E-state index in [-0.39, 0.29) is 23.7 Å². The van der Waals surface area contributed by atoms with Crippen molar-refractivity contribution in [3.63, 3.8) is 0 Å². The van der Waals surface area contributed by atoms with Crippen molar-refractivity contribution >= 4 is 31.3 Å². The number of phosphoric ester groups is 1. The Bertz CT molecular complexity index is 1010. The number of phosphoric acid groups is 1. The van der Waals surface area contributed by atoms with Gasteiger partial charge in [-0.1, -0.05) is 0 Å². The lowest BCUT2D eigenvalue weighted by Crippen LogP contribution is -2.30. The summed E-state index contributed by atoms with van der Waals surface area (Å²) in [7, 11) is 0.391. The van der Waals surface area contributed by atoms with Crippen LogP contribution >= 0.6 is 7.82 Å². The Morgan fingerprint density at radius 2 is 2.28 bits per heavy atom. The summed E-state index contributed by atoms with van der Waals surface area (Å²) in [6.45, 7) is 1.31. The average Bonchev–Trinajstić information content (AvgIpc) is 3.19. The van der Waals surface area contributed by atoms with Crippen molar-refractivity contribution in [2.24, 2.45) is 4.99 Å². The third-order valence-corrected chi connectivity index (χ3v) is 4.77. The minimum absolute atomic E-state index is 0.0949. The molecule has 0 aliphatic carbocycles. The van der Waals surface area contributed by atoms with Crippen LogP contribution in [0.5, 0.6) is 0 Å². The van der Waals surface area contributed by atoms with Gasteiger partial charge in [-0.3, -0.25) is 18.9 Å². The molecule has 1 saturated heterocycles. The van der Waals surface area contributed by atoms with Crippen molar-refractivity contribution in [2.75, 3.05) is 27.8 Å². The quantitative estimate of drug-likeness (QED) is 0.313. The van der Waals surface area contributed by atoms with Gasteiger partial charge in [-0.25, -0.2) is 14.5 Å². The zero-order valence-corrected chi connectivity index (χ0v) is 17.2. The van der Waals surface area contributed by atoms with E-state index in [4.69, 9.17) is 19.3 Å². The van der Waals surface area contributed by atoms with Crippen LogP contribution in [0.4, 0.5) is 5.95 Å². The van der Waals surface area contributed by atoms with Gasteiger partial charge in [-0.2, -0.15) is 4.98 Å². The lowest BCUT2D eigenvalue weighted by molar-refractivity contribution is -0.101. The van der Waals surface area contributed by atoms with Crippen LogP contribution in [-0.2, 0) is 18.6 Å². The zero-order chi connectivity index (χ0) is 21.4. The monoisotopic (exact) mass is 430 g/mol. The summed E-state index contributed by atoms with van der Waals surface area (Å²) in [6.07, 6.45) is 1.95. The number of hydrogen-bond donors (Lipinski definition) is 3. The summed E-state index contributed by atoms with van der Waals surface area (Å²) < 4.78 is 28.7. The smallest absolute Gasteiger partial charge is 0.377 e. The summed E-state index contributed by atoms with van der Waals surface area (Å²) in [4.78, 5) is 47.1. The van der Waals surface area contributed by atoms with E-state index >= 15 is 0 Å². The molecule has 1 aliphatic rings. The number of aromatic amines is 1. The molecule has 3 N–H and O–H groups in total. The van der Waals surface area contributed by atoms with Crippen LogP contribution in [0.2, 0.25) is 0 Å². The Morgan fingerprint density at radius 1 is 1.55 bits per heavy atom. The maximum atomic E-state index is 12.3. The highest BCUT2D eigenvalue weighted by Gasteiger charge is 2.46. The first kappa shape index (κ1) is 21.6. The first-order valence-electron chi connectivity index (χ1n) is 8.59. The molecular weight excluding hydrogens is 407 g/mol. The SMILES string of the molecule is CO[C@@H]1CC(C)(COP(=O)(O)O)O[C@H]1n1cnc2c(=O)[nH]c(/N=C/N(C)C)nc21. The van der Waals surface area contributed by atoms with Crippen molar-refractivity contribution < 1.29 is 28.3 Å². The average molecular weight is 430 g/mol. The molecule has 0 aromatic carbocycles. The van der Waals surface area contributed by atoms with Gasteiger partial charge >= 0.3 is 7.82 Å². The molecule has 2 aromatic heterocycles. The molecule has 1 fully saturated rings. The van der Waals surface area contributed by atoms with Crippen molar-refractivity contribution in [1.29, 1.82) is 0 Å². The zero-order valence-electron chi connectivity index (χ0n) is 16.3. The van der Waals surface area contributed by atoms with Crippen molar-refractivity contribution in [3.8, 4) is 0 Å². The van der Waals surface area contributed by atoms with E-state index in [2.05, 4.69) is 24.5 Å². The van der Waals surface area contributed by atoms with E-state index in [9.17, 15) is 9.36 Å². The topological polar surface area (TPSA) is 164 Å². The lowest BCUT2D eigenvalue weighted by atomic mass is 10.0. The molecule has 1 aliphatic heterocycles. The fourth-order valence-corrected chi connectivity index (χ4v) is 3.46. The number of aromatic nitrogens is 4. The van der Waals surface area contributed by atoms with Crippen LogP contribution in [0.3, 0.4) is 0 Å². The summed E-state index contributed by atoms with van der Waals surface area (Å²) >= 11 is 0. The molecule has 0 bridgehead atoms. The van der Waals surface area contributed by atoms with Crippen LogP contribution in [0, 0.1) is 0 Å². The first-order chi connectivity index (χ1) is 13.5. The number of hydrogen-bond acceptors (Lipinski definition) is 8. The fraction of sp³-hybridized carbons (Fsp3) is 0.600. The van der Waals surface area contributed by atoms with E-state index in [1.807, 2.05) is 0 Å². The third-order valence-electron chi connectivity index (χ3n) is 4.30. The number of fused-ring (bicyclic) bond motifs is 1. The number of nitrogens with zero attached hydrogens (tertiary/aromatic N) is 5. The Kier molecular flexibility index (Phi) is 5.90. The highest BCUT2D eigenvalue weighted by molar-refractivity contribution is 7.46. The number of ether oxygens (including phenoxy) is 2. The second-order valence-corrected chi connectivity index (χ2v) is 8.36. The van der Waals surface area contributed by atoms with Crippen LogP contribution in [0.1, 0.15) is 19.6 Å². The van der Waals surface area contributed by atoms with Crippen LogP contribution in [-0.4, -0.2) is 80.1 Å². The van der Waals surface area contributed by atoms with Gasteiger partial charge in [0, 0.05) is 27.6 Å². The number of nitrogens with one attached hydrogen (secondary N) is 1. The lowest BCUT2D eigenvalue weighted by Gasteiger charge is -2.24. The molecule has 0 radical (unpaired) electrons. The van der Waals surface area contributed by atoms with Gasteiger partial charge in [0.1, 0.15) is 6.10 Å². The summed E-state index contributed by atoms with van der Waals surface area (Å²) in [6, 6.07) is 0.